The largest absolute Gasteiger partial charge is 0.481 e. The predicted molar refractivity (Wildman–Crippen MR) is 60.4 cm³/mol. The number of nitrogens with two attached hydrogens (primary N) is 1. The number of primary amides is 1. The van der Waals surface area contributed by atoms with Crippen LogP contribution in [0.4, 0.5) is 0 Å². The molecule has 0 unspecified atom stereocenters. The number of aryl methyl sites for hydroxylation is 2. The van der Waals surface area contributed by atoms with Crippen molar-refractivity contribution in [2.24, 2.45) is 5.73 Å². The second-order valence-corrected chi connectivity index (χ2v) is 3.83. The van der Waals surface area contributed by atoms with Crippen LogP contribution < -0.4 is 5.73 Å². The number of aromatic nitrogens is 2. The number of carboxylic acids is 1. The van der Waals surface area contributed by atoms with E-state index in [-0.39, 0.29) is 12.8 Å². The minimum atomic E-state index is -0.856. The van der Waals surface area contributed by atoms with Crippen molar-refractivity contribution in [3.8, 4) is 0 Å². The van der Waals surface area contributed by atoms with Crippen LogP contribution in [0.25, 0.3) is 0 Å². The lowest BCUT2D eigenvalue weighted by Gasteiger charge is -2.09. The van der Waals surface area contributed by atoms with Crippen LogP contribution >= 0.6 is 0 Å². The first-order chi connectivity index (χ1) is 7.90. The van der Waals surface area contributed by atoms with Gasteiger partial charge in [0.25, 0.3) is 0 Å². The number of nitrogens with zero attached hydrogens (tertiary/aromatic N) is 2. The highest BCUT2D eigenvalue weighted by Gasteiger charge is 2.11. The number of hydrogen-bond acceptors (Lipinski definition) is 4. The topological polar surface area (TPSA) is 106 Å². The van der Waals surface area contributed by atoms with Crippen LogP contribution in [0.3, 0.4) is 0 Å². The third kappa shape index (κ3) is 3.82. The Labute approximate surface area is 98.9 Å². The zero-order valence-electron chi connectivity index (χ0n) is 9.86. The van der Waals surface area contributed by atoms with Gasteiger partial charge in [0.1, 0.15) is 5.82 Å². The molecule has 1 aromatic rings. The Morgan fingerprint density at radius 2 is 1.76 bits per heavy atom. The zero-order valence-corrected chi connectivity index (χ0v) is 9.86. The number of carboxylic acid groups (broad SMARTS) is 1. The molecule has 0 aromatic carbocycles. The van der Waals surface area contributed by atoms with E-state index in [0.717, 1.165) is 5.56 Å². The van der Waals surface area contributed by atoms with E-state index in [4.69, 9.17) is 10.8 Å². The van der Waals surface area contributed by atoms with E-state index >= 15 is 0 Å². The standard InChI is InChI=1S/C11H15N3O3/c1-6-8(3-4-11(16)17)7(2)14-10(13-6)5-9(12)15/h3-5H2,1-2H3,(H2,12,15)(H,16,17). The molecule has 1 heterocycles. The lowest BCUT2D eigenvalue weighted by atomic mass is 10.1. The van der Waals surface area contributed by atoms with E-state index in [0.29, 0.717) is 23.6 Å². The van der Waals surface area contributed by atoms with Crippen molar-refractivity contribution in [3.05, 3.63) is 22.8 Å². The fourth-order valence-electron chi connectivity index (χ4n) is 1.64. The van der Waals surface area contributed by atoms with Crippen LogP contribution in [0.15, 0.2) is 0 Å². The van der Waals surface area contributed by atoms with Crippen molar-refractivity contribution in [3.63, 3.8) is 0 Å². The summed E-state index contributed by atoms with van der Waals surface area (Å²) in [6.45, 7) is 3.55. The summed E-state index contributed by atoms with van der Waals surface area (Å²) < 4.78 is 0. The monoisotopic (exact) mass is 237 g/mol. The van der Waals surface area contributed by atoms with Crippen molar-refractivity contribution in [2.45, 2.75) is 33.1 Å². The number of carbonyl (C=O) groups is 2. The minimum absolute atomic E-state index is 0.000883. The molecule has 0 radical (unpaired) electrons. The molecule has 0 saturated heterocycles. The molecule has 0 saturated carbocycles. The van der Waals surface area contributed by atoms with E-state index in [2.05, 4.69) is 9.97 Å². The molecule has 0 bridgehead atoms. The van der Waals surface area contributed by atoms with Gasteiger partial charge in [-0.05, 0) is 25.8 Å². The summed E-state index contributed by atoms with van der Waals surface area (Å²) in [5, 5.41) is 8.63. The average Bonchev–Trinajstić information content (AvgIpc) is 2.14. The molecule has 1 amide bonds. The Balaban J connectivity index is 2.93. The third-order valence-corrected chi connectivity index (χ3v) is 2.39. The maximum Gasteiger partial charge on any atom is 0.303 e. The Kier molecular flexibility index (Phi) is 4.14. The molecule has 3 N–H and O–H groups in total. The molecule has 0 atom stereocenters. The Morgan fingerprint density at radius 3 is 2.18 bits per heavy atom. The third-order valence-electron chi connectivity index (χ3n) is 2.39. The smallest absolute Gasteiger partial charge is 0.303 e. The van der Waals surface area contributed by atoms with Gasteiger partial charge in [-0.15, -0.1) is 0 Å². The lowest BCUT2D eigenvalue weighted by Crippen LogP contribution is -2.17. The van der Waals surface area contributed by atoms with Crippen molar-refractivity contribution in [1.82, 2.24) is 9.97 Å². The van der Waals surface area contributed by atoms with Gasteiger partial charge < -0.3 is 10.8 Å². The predicted octanol–water partition coefficient (Wildman–Crippen LogP) is 0.138. The van der Waals surface area contributed by atoms with Crippen LogP contribution in [-0.2, 0) is 22.4 Å². The fraction of sp³-hybridized carbons (Fsp3) is 0.455. The minimum Gasteiger partial charge on any atom is -0.481 e. The number of amides is 1. The zero-order chi connectivity index (χ0) is 13.0. The van der Waals surface area contributed by atoms with E-state index in [1.807, 2.05) is 0 Å². The van der Waals surface area contributed by atoms with Crippen molar-refractivity contribution < 1.29 is 14.7 Å². The van der Waals surface area contributed by atoms with Crippen molar-refractivity contribution in [1.29, 1.82) is 0 Å². The Bertz CT molecular complexity index is 434. The first-order valence-corrected chi connectivity index (χ1v) is 5.23. The molecular formula is C11H15N3O3. The molecular weight excluding hydrogens is 222 g/mol. The van der Waals surface area contributed by atoms with Crippen molar-refractivity contribution in [2.75, 3.05) is 0 Å². The van der Waals surface area contributed by atoms with Gasteiger partial charge in [-0.25, -0.2) is 9.97 Å². The second kappa shape index (κ2) is 5.38. The summed E-state index contributed by atoms with van der Waals surface area (Å²) in [4.78, 5) is 29.6. The van der Waals surface area contributed by atoms with Crippen LogP contribution in [0.1, 0.15) is 29.2 Å². The number of hydrogen-bond donors (Lipinski definition) is 2. The highest BCUT2D eigenvalue weighted by atomic mass is 16.4. The molecule has 1 aromatic heterocycles. The number of aliphatic carboxylic acids is 1. The van der Waals surface area contributed by atoms with Gasteiger partial charge in [0.15, 0.2) is 0 Å². The van der Waals surface area contributed by atoms with E-state index in [1.54, 1.807) is 13.8 Å². The molecule has 92 valence electrons. The van der Waals surface area contributed by atoms with Gasteiger partial charge in [-0.2, -0.15) is 0 Å². The van der Waals surface area contributed by atoms with Crippen LogP contribution in [-0.4, -0.2) is 27.0 Å². The maximum absolute atomic E-state index is 10.8. The molecule has 0 aliphatic rings. The Hall–Kier alpha value is -1.98. The molecule has 0 spiro atoms. The highest BCUT2D eigenvalue weighted by molar-refractivity contribution is 5.75. The Morgan fingerprint density at radius 1 is 1.24 bits per heavy atom. The summed E-state index contributed by atoms with van der Waals surface area (Å²) in [5.74, 6) is -0.960. The van der Waals surface area contributed by atoms with E-state index in [9.17, 15) is 9.59 Å². The van der Waals surface area contributed by atoms with Gasteiger partial charge >= 0.3 is 5.97 Å². The number of carbonyl (C=O) groups excluding carboxylic acids is 1. The molecule has 0 fully saturated rings. The van der Waals surface area contributed by atoms with E-state index < -0.39 is 11.9 Å². The summed E-state index contributed by atoms with van der Waals surface area (Å²) in [6.07, 6.45) is 0.435. The van der Waals surface area contributed by atoms with Crippen LogP contribution in [0.2, 0.25) is 0 Å². The molecule has 6 nitrogen and oxygen atoms in total. The first-order valence-electron chi connectivity index (χ1n) is 5.23. The molecule has 0 aliphatic carbocycles. The molecule has 0 aliphatic heterocycles. The summed E-state index contributed by atoms with van der Waals surface area (Å²) in [6, 6.07) is 0. The van der Waals surface area contributed by atoms with Gasteiger partial charge in [0.05, 0.1) is 6.42 Å². The van der Waals surface area contributed by atoms with Crippen LogP contribution in [0, 0.1) is 13.8 Å². The number of rotatable bonds is 5. The summed E-state index contributed by atoms with van der Waals surface area (Å²) in [5.41, 5.74) is 7.29. The van der Waals surface area contributed by atoms with Gasteiger partial charge in [0, 0.05) is 17.8 Å². The highest BCUT2D eigenvalue weighted by Crippen LogP contribution is 2.12. The van der Waals surface area contributed by atoms with Gasteiger partial charge in [-0.3, -0.25) is 9.59 Å². The molecule has 17 heavy (non-hydrogen) atoms. The maximum atomic E-state index is 10.8. The average molecular weight is 237 g/mol. The fourth-order valence-corrected chi connectivity index (χ4v) is 1.64. The SMILES string of the molecule is Cc1nc(CC(N)=O)nc(C)c1CCC(=O)O. The molecule has 6 heteroatoms. The van der Waals surface area contributed by atoms with Crippen molar-refractivity contribution >= 4 is 11.9 Å². The second-order valence-electron chi connectivity index (χ2n) is 3.83. The lowest BCUT2D eigenvalue weighted by molar-refractivity contribution is -0.137. The van der Waals surface area contributed by atoms with E-state index in [1.165, 1.54) is 0 Å². The first kappa shape index (κ1) is 13.1. The van der Waals surface area contributed by atoms with Crippen LogP contribution in [0.5, 0.6) is 0 Å². The summed E-state index contributed by atoms with van der Waals surface area (Å²) in [7, 11) is 0. The normalized spacial score (nSPS) is 10.2. The van der Waals surface area contributed by atoms with Gasteiger partial charge in [-0.1, -0.05) is 0 Å². The molecule has 1 rings (SSSR count). The van der Waals surface area contributed by atoms with Gasteiger partial charge in [0.2, 0.25) is 5.91 Å². The summed E-state index contributed by atoms with van der Waals surface area (Å²) >= 11 is 0. The quantitative estimate of drug-likeness (QED) is 0.757.